The highest BCUT2D eigenvalue weighted by Crippen LogP contribution is 2.27. The van der Waals surface area contributed by atoms with E-state index < -0.39 is 12.0 Å². The van der Waals surface area contributed by atoms with Crippen LogP contribution < -0.4 is 11.2 Å². The Morgan fingerprint density at radius 1 is 1.17 bits per heavy atom. The number of anilines is 2. The molecule has 1 fully saturated rings. The number of aromatic nitrogens is 2. The molecular formula is C10H14F3N5. The Kier molecular flexibility index (Phi) is 3.55. The lowest BCUT2D eigenvalue weighted by Gasteiger charge is -2.27. The molecule has 0 amide bonds. The molecule has 1 aliphatic rings. The summed E-state index contributed by atoms with van der Waals surface area (Å²) < 4.78 is 37.5. The molecule has 8 heteroatoms. The summed E-state index contributed by atoms with van der Waals surface area (Å²) in [6.07, 6.45) is -1.43. The van der Waals surface area contributed by atoms with Gasteiger partial charge in [-0.2, -0.15) is 13.2 Å². The van der Waals surface area contributed by atoms with Gasteiger partial charge in [-0.3, -0.25) is 0 Å². The minimum Gasteiger partial charge on any atom is -0.384 e. The van der Waals surface area contributed by atoms with Crippen LogP contribution in [0.5, 0.6) is 0 Å². The maximum Gasteiger partial charge on any atom is 0.451 e. The van der Waals surface area contributed by atoms with Gasteiger partial charge < -0.3 is 11.2 Å². The Morgan fingerprint density at radius 2 is 1.83 bits per heavy atom. The highest BCUT2D eigenvalue weighted by molar-refractivity contribution is 5.44. The third-order valence-electron chi connectivity index (χ3n) is 2.63. The van der Waals surface area contributed by atoms with Gasteiger partial charge in [-0.1, -0.05) is 6.42 Å². The summed E-state index contributed by atoms with van der Waals surface area (Å²) in [6.45, 7) is 1.57. The van der Waals surface area contributed by atoms with Crippen molar-refractivity contribution >= 4 is 11.6 Å². The Labute approximate surface area is 102 Å². The SMILES string of the molecule is Nc1cc(NN2CCCCC2)nc(C(F)(F)F)n1. The molecule has 2 rings (SSSR count). The second kappa shape index (κ2) is 4.97. The predicted octanol–water partition coefficient (Wildman–Crippen LogP) is 1.89. The average molecular weight is 261 g/mol. The fourth-order valence-corrected chi connectivity index (χ4v) is 1.82. The minimum absolute atomic E-state index is 0.0803. The van der Waals surface area contributed by atoms with Crippen LogP contribution in [0, 0.1) is 0 Å². The second-order valence-corrected chi connectivity index (χ2v) is 4.16. The Balaban J connectivity index is 2.14. The van der Waals surface area contributed by atoms with E-state index in [2.05, 4.69) is 15.4 Å². The van der Waals surface area contributed by atoms with Crippen molar-refractivity contribution < 1.29 is 13.2 Å². The van der Waals surface area contributed by atoms with Crippen LogP contribution in [-0.4, -0.2) is 28.1 Å². The van der Waals surface area contributed by atoms with Crippen LogP contribution >= 0.6 is 0 Å². The van der Waals surface area contributed by atoms with Gasteiger partial charge >= 0.3 is 6.18 Å². The summed E-state index contributed by atoms with van der Waals surface area (Å²) in [5.74, 6) is -1.34. The van der Waals surface area contributed by atoms with Gasteiger partial charge in [0.05, 0.1) is 0 Å². The van der Waals surface area contributed by atoms with E-state index in [0.717, 1.165) is 32.4 Å². The molecule has 0 bridgehead atoms. The number of nitrogens with two attached hydrogens (primary N) is 1. The quantitative estimate of drug-likeness (QED) is 0.851. The Morgan fingerprint density at radius 3 is 2.44 bits per heavy atom. The van der Waals surface area contributed by atoms with Crippen molar-refractivity contribution in [2.24, 2.45) is 0 Å². The predicted molar refractivity (Wildman–Crippen MR) is 60.5 cm³/mol. The molecule has 0 unspecified atom stereocenters. The zero-order valence-electron chi connectivity index (χ0n) is 9.67. The van der Waals surface area contributed by atoms with Crippen LogP contribution in [0.15, 0.2) is 6.07 Å². The number of piperidine rings is 1. The fraction of sp³-hybridized carbons (Fsp3) is 0.600. The maximum atomic E-state index is 12.5. The van der Waals surface area contributed by atoms with Crippen molar-refractivity contribution in [3.63, 3.8) is 0 Å². The van der Waals surface area contributed by atoms with Crippen LogP contribution in [0.1, 0.15) is 25.1 Å². The van der Waals surface area contributed by atoms with Crippen LogP contribution in [0.3, 0.4) is 0 Å². The van der Waals surface area contributed by atoms with Crippen LogP contribution in [-0.2, 0) is 6.18 Å². The third kappa shape index (κ3) is 3.22. The molecule has 0 saturated carbocycles. The molecule has 0 aliphatic carbocycles. The lowest BCUT2D eigenvalue weighted by Crippen LogP contribution is -2.35. The smallest absolute Gasteiger partial charge is 0.384 e. The van der Waals surface area contributed by atoms with Crippen molar-refractivity contribution in [2.75, 3.05) is 24.2 Å². The highest BCUT2D eigenvalue weighted by atomic mass is 19.4. The molecule has 1 saturated heterocycles. The summed E-state index contributed by atoms with van der Waals surface area (Å²) in [6, 6.07) is 1.30. The van der Waals surface area contributed by atoms with Gasteiger partial charge in [0.25, 0.3) is 0 Å². The van der Waals surface area contributed by atoms with Crippen molar-refractivity contribution in [3.8, 4) is 0 Å². The number of hydrogen-bond acceptors (Lipinski definition) is 5. The monoisotopic (exact) mass is 261 g/mol. The number of nitrogen functional groups attached to an aromatic ring is 1. The van der Waals surface area contributed by atoms with Crippen molar-refractivity contribution in [1.82, 2.24) is 15.0 Å². The second-order valence-electron chi connectivity index (χ2n) is 4.16. The molecule has 1 aliphatic heterocycles. The van der Waals surface area contributed by atoms with E-state index in [1.54, 1.807) is 0 Å². The molecule has 100 valence electrons. The van der Waals surface area contributed by atoms with Crippen LogP contribution in [0.25, 0.3) is 0 Å². The summed E-state index contributed by atoms with van der Waals surface area (Å²) in [4.78, 5) is 6.61. The number of nitrogens with one attached hydrogen (secondary N) is 1. The largest absolute Gasteiger partial charge is 0.451 e. The number of rotatable bonds is 2. The van der Waals surface area contributed by atoms with Crippen LogP contribution in [0.4, 0.5) is 24.8 Å². The third-order valence-corrected chi connectivity index (χ3v) is 2.63. The topological polar surface area (TPSA) is 67.1 Å². The van der Waals surface area contributed by atoms with Crippen molar-refractivity contribution in [3.05, 3.63) is 11.9 Å². The van der Waals surface area contributed by atoms with Gasteiger partial charge in [0.15, 0.2) is 0 Å². The normalized spacial score (nSPS) is 17.7. The van der Waals surface area contributed by atoms with Gasteiger partial charge in [0, 0.05) is 19.2 Å². The zero-order valence-corrected chi connectivity index (χ0v) is 9.67. The van der Waals surface area contributed by atoms with Gasteiger partial charge in [-0.05, 0) is 12.8 Å². The first-order valence-electron chi connectivity index (χ1n) is 5.68. The molecule has 0 aromatic carbocycles. The summed E-state index contributed by atoms with van der Waals surface area (Å²) >= 11 is 0. The van der Waals surface area contributed by atoms with Gasteiger partial charge in [-0.15, -0.1) is 0 Å². The highest BCUT2D eigenvalue weighted by Gasteiger charge is 2.35. The molecule has 18 heavy (non-hydrogen) atoms. The maximum absolute atomic E-state index is 12.5. The van der Waals surface area contributed by atoms with Gasteiger partial charge in [0.2, 0.25) is 5.82 Å². The van der Waals surface area contributed by atoms with Crippen molar-refractivity contribution in [1.29, 1.82) is 0 Å². The van der Waals surface area contributed by atoms with E-state index in [-0.39, 0.29) is 11.6 Å². The molecule has 5 nitrogen and oxygen atoms in total. The van der Waals surface area contributed by atoms with E-state index in [1.807, 2.05) is 5.01 Å². The van der Waals surface area contributed by atoms with Gasteiger partial charge in [0.1, 0.15) is 11.6 Å². The zero-order chi connectivity index (χ0) is 13.2. The molecule has 3 N–H and O–H groups in total. The number of alkyl halides is 3. The molecule has 1 aromatic rings. The first kappa shape index (κ1) is 12.9. The number of hydrogen-bond donors (Lipinski definition) is 2. The molecule has 0 spiro atoms. The first-order chi connectivity index (χ1) is 8.45. The molecule has 0 radical (unpaired) electrons. The standard InChI is InChI=1S/C10H14F3N5/c11-10(12,13)9-15-7(14)6-8(16-9)17-18-4-2-1-3-5-18/h6H,1-5H2,(H3,14,15,16,17). The Hall–Kier alpha value is -1.57. The van der Waals surface area contributed by atoms with Crippen molar-refractivity contribution in [2.45, 2.75) is 25.4 Å². The Bertz CT molecular complexity index is 414. The molecule has 2 heterocycles. The van der Waals surface area contributed by atoms with E-state index >= 15 is 0 Å². The molecule has 0 atom stereocenters. The number of hydrazine groups is 1. The lowest BCUT2D eigenvalue weighted by molar-refractivity contribution is -0.144. The fourth-order valence-electron chi connectivity index (χ4n) is 1.82. The molecule has 1 aromatic heterocycles. The number of nitrogens with zero attached hydrogens (tertiary/aromatic N) is 3. The van der Waals surface area contributed by atoms with E-state index in [1.165, 1.54) is 6.07 Å². The molecular weight excluding hydrogens is 247 g/mol. The van der Waals surface area contributed by atoms with Crippen LogP contribution in [0.2, 0.25) is 0 Å². The average Bonchev–Trinajstić information content (AvgIpc) is 2.28. The summed E-state index contributed by atoms with van der Waals surface area (Å²) in [5.41, 5.74) is 8.19. The summed E-state index contributed by atoms with van der Waals surface area (Å²) in [5, 5.41) is 1.84. The van der Waals surface area contributed by atoms with Gasteiger partial charge in [-0.25, -0.2) is 15.0 Å². The van der Waals surface area contributed by atoms with E-state index in [4.69, 9.17) is 5.73 Å². The number of halogens is 3. The summed E-state index contributed by atoms with van der Waals surface area (Å²) in [7, 11) is 0. The first-order valence-corrected chi connectivity index (χ1v) is 5.68. The van der Waals surface area contributed by atoms with E-state index in [0.29, 0.717) is 0 Å². The van der Waals surface area contributed by atoms with E-state index in [9.17, 15) is 13.2 Å². The minimum atomic E-state index is -4.59. The lowest BCUT2D eigenvalue weighted by atomic mass is 10.2.